The summed E-state index contributed by atoms with van der Waals surface area (Å²) in [6.07, 6.45) is -5.91. The van der Waals surface area contributed by atoms with Gasteiger partial charge < -0.3 is 24.2 Å². The van der Waals surface area contributed by atoms with E-state index in [1.165, 1.54) is 18.2 Å². The monoisotopic (exact) mass is 609 g/mol. The lowest BCUT2D eigenvalue weighted by Crippen LogP contribution is -2.46. The lowest BCUT2D eigenvalue weighted by Gasteiger charge is -2.25. The van der Waals surface area contributed by atoms with Gasteiger partial charge in [0, 0.05) is 24.2 Å². The van der Waals surface area contributed by atoms with Crippen molar-refractivity contribution in [2.75, 3.05) is 0 Å². The molecule has 0 radical (unpaired) electrons. The van der Waals surface area contributed by atoms with Crippen molar-refractivity contribution in [1.29, 1.82) is 0 Å². The predicted octanol–water partition coefficient (Wildman–Crippen LogP) is 3.24. The molecule has 0 amide bonds. The first-order valence-corrected chi connectivity index (χ1v) is 13.9. The van der Waals surface area contributed by atoms with Crippen molar-refractivity contribution in [2.45, 2.75) is 57.3 Å². The first kappa shape index (κ1) is 30.5. The molecule has 4 rings (SSSR count). The zero-order valence-electron chi connectivity index (χ0n) is 21.8. The highest BCUT2D eigenvalue weighted by Gasteiger charge is 2.59. The van der Waals surface area contributed by atoms with Crippen LogP contribution in [0.3, 0.4) is 0 Å². The lowest BCUT2D eigenvalue weighted by molar-refractivity contribution is -0.205. The molecule has 15 heteroatoms. The third-order valence-electron chi connectivity index (χ3n) is 6.16. The van der Waals surface area contributed by atoms with Gasteiger partial charge in [0.2, 0.25) is 0 Å². The number of ether oxygens (including phenoxy) is 3. The quantitative estimate of drug-likeness (QED) is 0.199. The molecule has 0 spiro atoms. The number of hydrogen-bond acceptors (Lipinski definition) is 10. The molecule has 1 saturated heterocycles. The first-order valence-electron chi connectivity index (χ1n) is 12.4. The molecule has 1 aliphatic heterocycles. The van der Waals surface area contributed by atoms with Gasteiger partial charge in [0.15, 0.2) is 18.0 Å². The second-order valence-corrected chi connectivity index (χ2v) is 10.4. The van der Waals surface area contributed by atoms with E-state index in [-0.39, 0.29) is 29.5 Å². The average molecular weight is 610 g/mol. The summed E-state index contributed by atoms with van der Waals surface area (Å²) in [5.41, 5.74) is -3.67. The molecule has 0 saturated carbocycles. The van der Waals surface area contributed by atoms with Crippen LogP contribution >= 0.6 is 19.8 Å². The van der Waals surface area contributed by atoms with Gasteiger partial charge in [-0.1, -0.05) is 48.9 Å². The van der Waals surface area contributed by atoms with Gasteiger partial charge in [-0.25, -0.2) is 9.18 Å². The van der Waals surface area contributed by atoms with Crippen LogP contribution in [0.2, 0.25) is 5.02 Å². The van der Waals surface area contributed by atoms with E-state index in [2.05, 4.69) is 4.74 Å². The fourth-order valence-electron chi connectivity index (χ4n) is 3.99. The summed E-state index contributed by atoms with van der Waals surface area (Å²) in [5.74, 6) is -0.401. The number of aliphatic hydroxyl groups is 1. The number of nitrogens with zero attached hydrogens (tertiary/aromatic N) is 2. The minimum Gasteiger partial charge on any atom is -0.583 e. The van der Waals surface area contributed by atoms with Crippen LogP contribution < -0.4 is 20.9 Å². The van der Waals surface area contributed by atoms with Crippen LogP contribution in [-0.4, -0.2) is 44.8 Å². The molecular formula is C26H26ClFN3O9P. The number of H-pyrrole nitrogens is 1. The smallest absolute Gasteiger partial charge is 0.351 e. The van der Waals surface area contributed by atoms with Gasteiger partial charge in [-0.05, 0) is 29.9 Å². The molecule has 2 aromatic carbocycles. The molecular weight excluding hydrogens is 584 g/mol. The standard InChI is InChI=1S/C26H26ClFN3O9P/c1-3-20(33)37-14-15-8-4-6-10-17(15)30-41(36)40-23(38-18-11-7-5-9-16(18)27)21-22(34)26(2,28)24(39-21)31-13-12-19(32)29-25(31)35/h4-13,21-24,34H,3,14H2,1-2H3,(H,29,32,35)/t21-,22-,23+,24-,26-/m1/s1. The molecule has 0 bridgehead atoms. The maximum absolute atomic E-state index is 15.9. The Hall–Kier alpha value is -3.45. The Morgan fingerprint density at radius 1 is 1.27 bits per heavy atom. The number of hydrogen-bond donors (Lipinski definition) is 2. The van der Waals surface area contributed by atoms with Gasteiger partial charge in [-0.2, -0.15) is 0 Å². The van der Waals surface area contributed by atoms with Crippen LogP contribution in [0.25, 0.3) is 0 Å². The average Bonchev–Trinajstić information content (AvgIpc) is 3.17. The number of halogens is 2. The second-order valence-electron chi connectivity index (χ2n) is 9.07. The Bertz CT molecular complexity index is 1550. The largest absolute Gasteiger partial charge is 0.583 e. The molecule has 6 atom stereocenters. The van der Waals surface area contributed by atoms with Crippen LogP contribution in [0.15, 0.2) is 75.1 Å². The van der Waals surface area contributed by atoms with Gasteiger partial charge in [0.1, 0.15) is 24.1 Å². The number of benzene rings is 2. The Morgan fingerprint density at radius 3 is 2.68 bits per heavy atom. The molecule has 2 heterocycles. The van der Waals surface area contributed by atoms with E-state index in [4.69, 9.17) is 30.3 Å². The number of carbonyl (C=O) groups excluding carboxylic acids is 1. The fourth-order valence-corrected chi connectivity index (χ4v) is 4.93. The number of rotatable bonds is 10. The predicted molar refractivity (Wildman–Crippen MR) is 143 cm³/mol. The van der Waals surface area contributed by atoms with Gasteiger partial charge in [0.25, 0.3) is 11.8 Å². The highest BCUT2D eigenvalue weighted by molar-refractivity contribution is 7.33. The van der Waals surface area contributed by atoms with Gasteiger partial charge in [-0.15, -0.1) is 4.52 Å². The Kier molecular flexibility index (Phi) is 9.69. The molecule has 41 heavy (non-hydrogen) atoms. The van der Waals surface area contributed by atoms with Crippen molar-refractivity contribution >= 4 is 31.4 Å². The van der Waals surface area contributed by atoms with E-state index in [9.17, 15) is 24.4 Å². The van der Waals surface area contributed by atoms with E-state index < -0.39 is 55.8 Å². The number of esters is 1. The van der Waals surface area contributed by atoms with E-state index in [1.54, 1.807) is 37.3 Å². The van der Waals surface area contributed by atoms with Crippen molar-refractivity contribution in [3.63, 3.8) is 0 Å². The fraction of sp³-hybridized carbons (Fsp3) is 0.346. The van der Waals surface area contributed by atoms with Crippen molar-refractivity contribution in [1.82, 2.24) is 9.55 Å². The maximum atomic E-state index is 15.9. The lowest BCUT2D eigenvalue weighted by atomic mass is 9.98. The molecule has 218 valence electrons. The van der Waals surface area contributed by atoms with Gasteiger partial charge in [0.05, 0.1) is 5.02 Å². The maximum Gasteiger partial charge on any atom is 0.351 e. The zero-order chi connectivity index (χ0) is 29.7. The molecule has 1 unspecified atom stereocenters. The third kappa shape index (κ3) is 7.07. The number of carbonyl (C=O) groups is 1. The third-order valence-corrected chi connectivity index (χ3v) is 7.24. The summed E-state index contributed by atoms with van der Waals surface area (Å²) >= 11 is 6.21. The summed E-state index contributed by atoms with van der Waals surface area (Å²) in [7, 11) is -2.96. The molecule has 1 fully saturated rings. The summed E-state index contributed by atoms with van der Waals surface area (Å²) in [5, 5.41) is 11.1. The zero-order valence-corrected chi connectivity index (χ0v) is 23.5. The molecule has 0 aliphatic carbocycles. The van der Waals surface area contributed by atoms with Crippen LogP contribution in [0, 0.1) is 0 Å². The number of nitrogens with one attached hydrogen (secondary N) is 1. The topological polar surface area (TPSA) is 164 Å². The van der Waals surface area contributed by atoms with Gasteiger partial charge >= 0.3 is 19.8 Å². The van der Waals surface area contributed by atoms with E-state index >= 15 is 4.39 Å². The Morgan fingerprint density at radius 2 is 1.98 bits per heavy atom. The van der Waals surface area contributed by atoms with Crippen LogP contribution in [0.5, 0.6) is 5.75 Å². The van der Waals surface area contributed by atoms with Crippen LogP contribution in [0.4, 0.5) is 10.1 Å². The summed E-state index contributed by atoms with van der Waals surface area (Å²) in [6, 6.07) is 13.6. The number of aromatic nitrogens is 2. The minimum atomic E-state index is -2.96. The summed E-state index contributed by atoms with van der Waals surface area (Å²) in [4.78, 5) is 50.6. The summed E-state index contributed by atoms with van der Waals surface area (Å²) < 4.78 is 42.9. The van der Waals surface area contributed by atoms with E-state index in [1.807, 2.05) is 4.98 Å². The van der Waals surface area contributed by atoms with Crippen LogP contribution in [0.1, 0.15) is 32.1 Å². The Labute approximate surface area is 238 Å². The van der Waals surface area contributed by atoms with Crippen LogP contribution in [-0.2, 0) is 25.4 Å². The highest BCUT2D eigenvalue weighted by Crippen LogP contribution is 2.44. The van der Waals surface area contributed by atoms with Gasteiger partial charge in [-0.3, -0.25) is 19.1 Å². The molecule has 2 N–H and O–H groups in total. The molecule has 1 aliphatic rings. The number of para-hydroxylation sites is 1. The normalized spacial score (nSPS) is 23.3. The SMILES string of the molecule is CCC(=O)OCc1ccccc1N=[P+]([O-])O[C@H](Oc1ccccc1Cl)[C@@H]1O[C@@H](n2ccc(=O)[nH]c2=O)[C@](C)(F)[C@@H]1O. The van der Waals surface area contributed by atoms with Crippen molar-refractivity contribution < 1.29 is 37.9 Å². The summed E-state index contributed by atoms with van der Waals surface area (Å²) in [6.45, 7) is 2.50. The number of alkyl halides is 1. The molecule has 1 aromatic heterocycles. The van der Waals surface area contributed by atoms with E-state index in [0.29, 0.717) is 5.56 Å². The molecule has 12 nitrogen and oxygen atoms in total. The van der Waals surface area contributed by atoms with Crippen molar-refractivity contribution in [3.05, 3.63) is 92.2 Å². The Balaban J connectivity index is 1.66. The minimum absolute atomic E-state index is 0.0375. The van der Waals surface area contributed by atoms with E-state index in [0.717, 1.165) is 23.8 Å². The number of aliphatic hydroxyl groups excluding tert-OH is 1. The molecule has 3 aromatic rings. The number of aromatic amines is 1. The van der Waals surface area contributed by atoms with Crippen molar-refractivity contribution in [3.8, 4) is 5.75 Å². The second kappa shape index (κ2) is 13.0. The highest BCUT2D eigenvalue weighted by atomic mass is 35.5. The van der Waals surface area contributed by atoms with Crippen molar-refractivity contribution in [2.24, 2.45) is 4.74 Å². The first-order chi connectivity index (χ1) is 19.5.